The molecule has 0 bridgehead atoms. The summed E-state index contributed by atoms with van der Waals surface area (Å²) in [4.78, 5) is 21.9. The van der Waals surface area contributed by atoms with Crippen molar-refractivity contribution >= 4 is 33.7 Å². The highest BCUT2D eigenvalue weighted by atomic mass is 35.5. The van der Waals surface area contributed by atoms with E-state index in [9.17, 15) is 9.59 Å². The van der Waals surface area contributed by atoms with Gasteiger partial charge in [0.15, 0.2) is 0 Å². The van der Waals surface area contributed by atoms with E-state index >= 15 is 0 Å². The van der Waals surface area contributed by atoms with E-state index in [-0.39, 0.29) is 22.8 Å². The molecular formula is C13H14Cl2O2. The Kier molecular flexibility index (Phi) is 6.23. The van der Waals surface area contributed by atoms with E-state index in [1.54, 1.807) is 0 Å². The van der Waals surface area contributed by atoms with Crippen molar-refractivity contribution in [3.8, 4) is 0 Å². The molecule has 0 aliphatic carbocycles. The normalized spacial score (nSPS) is 12.1. The number of hydrogen-bond donors (Lipinski definition) is 0. The van der Waals surface area contributed by atoms with Crippen LogP contribution in [0.2, 0.25) is 0 Å². The van der Waals surface area contributed by atoms with Gasteiger partial charge in [-0.1, -0.05) is 30.3 Å². The second-order valence-electron chi connectivity index (χ2n) is 3.94. The van der Waals surface area contributed by atoms with Gasteiger partial charge in [-0.3, -0.25) is 9.59 Å². The van der Waals surface area contributed by atoms with E-state index in [0.29, 0.717) is 19.3 Å². The minimum absolute atomic E-state index is 0.241. The summed E-state index contributed by atoms with van der Waals surface area (Å²) >= 11 is 10.8. The lowest BCUT2D eigenvalue weighted by Crippen LogP contribution is -2.12. The van der Waals surface area contributed by atoms with Crippen molar-refractivity contribution in [3.63, 3.8) is 0 Å². The van der Waals surface area contributed by atoms with Gasteiger partial charge in [0, 0.05) is 12.3 Å². The Labute approximate surface area is 111 Å². The average Bonchev–Trinajstić information content (AvgIpc) is 2.28. The molecule has 4 heteroatoms. The van der Waals surface area contributed by atoms with Gasteiger partial charge in [-0.25, -0.2) is 0 Å². The average molecular weight is 273 g/mol. The lowest BCUT2D eigenvalue weighted by atomic mass is 9.95. The highest BCUT2D eigenvalue weighted by molar-refractivity contribution is 6.64. The lowest BCUT2D eigenvalue weighted by molar-refractivity contribution is -0.116. The summed E-state index contributed by atoms with van der Waals surface area (Å²) in [7, 11) is 0. The molecule has 1 rings (SSSR count). The lowest BCUT2D eigenvalue weighted by Gasteiger charge is -2.11. The Morgan fingerprint density at radius 1 is 1.12 bits per heavy atom. The van der Waals surface area contributed by atoms with Gasteiger partial charge in [0.25, 0.3) is 0 Å². The van der Waals surface area contributed by atoms with Crippen LogP contribution in [0.25, 0.3) is 0 Å². The van der Waals surface area contributed by atoms with Crippen LogP contribution in [0.1, 0.15) is 24.8 Å². The first-order chi connectivity index (χ1) is 8.09. The van der Waals surface area contributed by atoms with Crippen LogP contribution >= 0.6 is 23.2 Å². The molecule has 0 aliphatic rings. The van der Waals surface area contributed by atoms with Crippen molar-refractivity contribution in [1.29, 1.82) is 0 Å². The van der Waals surface area contributed by atoms with Crippen molar-refractivity contribution in [2.75, 3.05) is 0 Å². The molecule has 17 heavy (non-hydrogen) atoms. The van der Waals surface area contributed by atoms with Crippen LogP contribution in [0.4, 0.5) is 0 Å². The summed E-state index contributed by atoms with van der Waals surface area (Å²) in [6.45, 7) is 0. The monoisotopic (exact) mass is 272 g/mol. The predicted molar refractivity (Wildman–Crippen MR) is 69.2 cm³/mol. The molecule has 0 N–H and O–H groups in total. The van der Waals surface area contributed by atoms with Crippen molar-refractivity contribution < 1.29 is 9.59 Å². The fraction of sp³-hybridized carbons (Fsp3) is 0.385. The van der Waals surface area contributed by atoms with Crippen molar-refractivity contribution in [3.05, 3.63) is 35.9 Å². The van der Waals surface area contributed by atoms with E-state index in [1.165, 1.54) is 0 Å². The Bertz CT molecular complexity index is 376. The summed E-state index contributed by atoms with van der Waals surface area (Å²) in [5.41, 5.74) is 1.07. The van der Waals surface area contributed by atoms with Gasteiger partial charge in [-0.05, 0) is 48.0 Å². The highest BCUT2D eigenvalue weighted by Crippen LogP contribution is 2.18. The Hall–Kier alpha value is -0.860. The number of benzene rings is 1. The first-order valence-corrected chi connectivity index (χ1v) is 6.27. The standard InChI is InChI=1S/C13H14Cl2O2/c14-12(16)8-4-7-11(13(15)17)9-10-5-2-1-3-6-10/h1-3,5-6,11H,4,7-9H2. The van der Waals surface area contributed by atoms with Crippen LogP contribution < -0.4 is 0 Å². The van der Waals surface area contributed by atoms with Crippen LogP contribution in [-0.2, 0) is 16.0 Å². The van der Waals surface area contributed by atoms with E-state index in [2.05, 4.69) is 0 Å². The molecule has 0 saturated carbocycles. The van der Waals surface area contributed by atoms with Crippen molar-refractivity contribution in [1.82, 2.24) is 0 Å². The smallest absolute Gasteiger partial charge is 0.225 e. The number of carbonyl (C=O) groups is 2. The molecule has 2 nitrogen and oxygen atoms in total. The van der Waals surface area contributed by atoms with Gasteiger partial charge in [-0.15, -0.1) is 0 Å². The minimum Gasteiger partial charge on any atom is -0.281 e. The number of rotatable bonds is 7. The topological polar surface area (TPSA) is 34.1 Å². The largest absolute Gasteiger partial charge is 0.281 e. The molecule has 0 radical (unpaired) electrons. The van der Waals surface area contributed by atoms with Crippen LogP contribution in [0.3, 0.4) is 0 Å². The zero-order valence-corrected chi connectivity index (χ0v) is 10.9. The summed E-state index contributed by atoms with van der Waals surface area (Å²) in [6.07, 6.45) is 2.09. The number of halogens is 2. The van der Waals surface area contributed by atoms with Crippen LogP contribution in [-0.4, -0.2) is 10.5 Å². The maximum absolute atomic E-state index is 11.3. The van der Waals surface area contributed by atoms with Crippen molar-refractivity contribution in [2.45, 2.75) is 25.7 Å². The third-order valence-electron chi connectivity index (χ3n) is 2.57. The van der Waals surface area contributed by atoms with Gasteiger partial charge < -0.3 is 0 Å². The third-order valence-corrected chi connectivity index (χ3v) is 3.07. The fourth-order valence-electron chi connectivity index (χ4n) is 1.68. The zero-order valence-electron chi connectivity index (χ0n) is 9.36. The molecule has 1 aromatic rings. The number of carbonyl (C=O) groups excluding carboxylic acids is 2. The minimum atomic E-state index is -0.370. The quantitative estimate of drug-likeness (QED) is 0.712. The zero-order chi connectivity index (χ0) is 12.7. The SMILES string of the molecule is O=C(Cl)CCCC(Cc1ccccc1)C(=O)Cl. The molecule has 0 aromatic heterocycles. The molecule has 92 valence electrons. The van der Waals surface area contributed by atoms with Gasteiger partial charge >= 0.3 is 0 Å². The Balaban J connectivity index is 2.49. The molecular weight excluding hydrogens is 259 g/mol. The van der Waals surface area contributed by atoms with Gasteiger partial charge in [-0.2, -0.15) is 0 Å². The molecule has 1 atom stereocenters. The summed E-state index contributed by atoms with van der Waals surface area (Å²) in [6, 6.07) is 9.69. The van der Waals surface area contributed by atoms with Crippen LogP contribution in [0.15, 0.2) is 30.3 Å². The van der Waals surface area contributed by atoms with E-state index < -0.39 is 0 Å². The maximum atomic E-state index is 11.3. The summed E-state index contributed by atoms with van der Waals surface area (Å²) in [5, 5.41) is -0.721. The van der Waals surface area contributed by atoms with Crippen molar-refractivity contribution in [2.24, 2.45) is 5.92 Å². The summed E-state index contributed by atoms with van der Waals surface area (Å²) < 4.78 is 0. The molecule has 0 spiro atoms. The first-order valence-electron chi connectivity index (χ1n) is 5.51. The highest BCUT2D eigenvalue weighted by Gasteiger charge is 2.16. The maximum Gasteiger partial charge on any atom is 0.225 e. The number of hydrogen-bond acceptors (Lipinski definition) is 2. The van der Waals surface area contributed by atoms with Gasteiger partial charge in [0.2, 0.25) is 10.5 Å². The van der Waals surface area contributed by atoms with Gasteiger partial charge in [0.1, 0.15) is 0 Å². The third kappa shape index (κ3) is 5.85. The van der Waals surface area contributed by atoms with Gasteiger partial charge in [0.05, 0.1) is 0 Å². The first kappa shape index (κ1) is 14.2. The molecule has 0 heterocycles. The molecule has 0 amide bonds. The fourth-order valence-corrected chi connectivity index (χ4v) is 2.00. The Morgan fingerprint density at radius 2 is 1.76 bits per heavy atom. The van der Waals surface area contributed by atoms with Crippen LogP contribution in [0.5, 0.6) is 0 Å². The summed E-state index contributed by atoms with van der Waals surface area (Å²) in [5.74, 6) is -0.241. The van der Waals surface area contributed by atoms with E-state index in [1.807, 2.05) is 30.3 Å². The molecule has 0 aliphatic heterocycles. The molecule has 1 unspecified atom stereocenters. The molecule has 1 aromatic carbocycles. The molecule has 0 fully saturated rings. The van der Waals surface area contributed by atoms with Crippen LogP contribution in [0, 0.1) is 5.92 Å². The van der Waals surface area contributed by atoms with E-state index in [4.69, 9.17) is 23.2 Å². The second kappa shape index (κ2) is 7.46. The second-order valence-corrected chi connectivity index (χ2v) is 4.73. The Morgan fingerprint density at radius 3 is 2.29 bits per heavy atom. The molecule has 0 saturated heterocycles. The van der Waals surface area contributed by atoms with E-state index in [0.717, 1.165) is 5.56 Å². The predicted octanol–water partition coefficient (Wildman–Crippen LogP) is 3.55.